The minimum atomic E-state index is -0.458. The summed E-state index contributed by atoms with van der Waals surface area (Å²) in [5.41, 5.74) is 0.519. The molecule has 0 aliphatic rings. The van der Waals surface area contributed by atoms with Crippen LogP contribution in [-0.4, -0.2) is 9.78 Å². The Balaban J connectivity index is 3.16. The molecule has 1 aromatic heterocycles. The SMILES string of the molecule is CC(C)n1nccc1C(C)(C)C#N. The van der Waals surface area contributed by atoms with Crippen LogP contribution in [-0.2, 0) is 5.41 Å². The average Bonchev–Trinajstić information content (AvgIpc) is 2.52. The molecule has 0 radical (unpaired) electrons. The lowest BCUT2D eigenvalue weighted by atomic mass is 9.91. The van der Waals surface area contributed by atoms with E-state index in [4.69, 9.17) is 5.26 Å². The normalized spacial score (nSPS) is 11.7. The van der Waals surface area contributed by atoms with Crippen molar-refractivity contribution in [1.82, 2.24) is 9.78 Å². The molecule has 0 bridgehead atoms. The Morgan fingerprint density at radius 3 is 2.62 bits per heavy atom. The van der Waals surface area contributed by atoms with Gasteiger partial charge < -0.3 is 0 Å². The van der Waals surface area contributed by atoms with Crippen molar-refractivity contribution in [2.24, 2.45) is 0 Å². The number of aromatic nitrogens is 2. The molecule has 0 aromatic carbocycles. The first kappa shape index (κ1) is 9.79. The zero-order valence-corrected chi connectivity index (χ0v) is 8.57. The maximum atomic E-state index is 8.98. The molecule has 0 saturated carbocycles. The summed E-state index contributed by atoms with van der Waals surface area (Å²) in [6.07, 6.45) is 1.74. The molecule has 0 amide bonds. The fourth-order valence-corrected chi connectivity index (χ4v) is 1.28. The molecule has 13 heavy (non-hydrogen) atoms. The maximum Gasteiger partial charge on any atom is 0.0934 e. The third-order valence-electron chi connectivity index (χ3n) is 2.08. The summed E-state index contributed by atoms with van der Waals surface area (Å²) >= 11 is 0. The van der Waals surface area contributed by atoms with Crippen LogP contribution >= 0.6 is 0 Å². The number of rotatable bonds is 2. The van der Waals surface area contributed by atoms with E-state index in [1.165, 1.54) is 0 Å². The van der Waals surface area contributed by atoms with E-state index < -0.39 is 5.41 Å². The third-order valence-corrected chi connectivity index (χ3v) is 2.08. The summed E-state index contributed by atoms with van der Waals surface area (Å²) in [5, 5.41) is 13.2. The smallest absolute Gasteiger partial charge is 0.0934 e. The van der Waals surface area contributed by atoms with Crippen LogP contribution in [0.4, 0.5) is 0 Å². The molecule has 1 rings (SSSR count). The number of nitriles is 1. The van der Waals surface area contributed by atoms with Crippen molar-refractivity contribution in [2.75, 3.05) is 0 Å². The monoisotopic (exact) mass is 177 g/mol. The van der Waals surface area contributed by atoms with Crippen molar-refractivity contribution in [3.05, 3.63) is 18.0 Å². The Hall–Kier alpha value is -1.30. The maximum absolute atomic E-state index is 8.98. The molecule has 0 fully saturated rings. The Kier molecular flexibility index (Phi) is 2.42. The second-order valence-electron chi connectivity index (χ2n) is 3.99. The molecule has 1 heterocycles. The van der Waals surface area contributed by atoms with E-state index in [9.17, 15) is 0 Å². The predicted molar refractivity (Wildman–Crippen MR) is 51.3 cm³/mol. The molecule has 0 unspecified atom stereocenters. The van der Waals surface area contributed by atoms with Gasteiger partial charge in [-0.15, -0.1) is 0 Å². The van der Waals surface area contributed by atoms with Gasteiger partial charge in [-0.2, -0.15) is 10.4 Å². The first-order valence-corrected chi connectivity index (χ1v) is 4.44. The van der Waals surface area contributed by atoms with Gasteiger partial charge in [0.1, 0.15) is 0 Å². The lowest BCUT2D eigenvalue weighted by Gasteiger charge is -2.19. The summed E-state index contributed by atoms with van der Waals surface area (Å²) < 4.78 is 1.89. The highest BCUT2D eigenvalue weighted by molar-refractivity contribution is 5.22. The molecule has 70 valence electrons. The van der Waals surface area contributed by atoms with Gasteiger partial charge in [0.15, 0.2) is 0 Å². The molecule has 0 aliphatic carbocycles. The van der Waals surface area contributed by atoms with Crippen molar-refractivity contribution < 1.29 is 0 Å². The zero-order chi connectivity index (χ0) is 10.1. The highest BCUT2D eigenvalue weighted by Crippen LogP contribution is 2.23. The standard InChI is InChI=1S/C10H15N3/c1-8(2)13-9(5-6-12-13)10(3,4)7-11/h5-6,8H,1-4H3. The molecule has 0 saturated heterocycles. The van der Waals surface area contributed by atoms with Crippen LogP contribution in [0.3, 0.4) is 0 Å². The lowest BCUT2D eigenvalue weighted by Crippen LogP contribution is -2.21. The summed E-state index contributed by atoms with van der Waals surface area (Å²) in [6.45, 7) is 7.93. The molecular formula is C10H15N3. The second-order valence-corrected chi connectivity index (χ2v) is 3.99. The van der Waals surface area contributed by atoms with Crippen LogP contribution in [0.15, 0.2) is 12.3 Å². The topological polar surface area (TPSA) is 41.6 Å². The zero-order valence-electron chi connectivity index (χ0n) is 8.57. The van der Waals surface area contributed by atoms with E-state index in [1.807, 2.05) is 24.6 Å². The van der Waals surface area contributed by atoms with Gasteiger partial charge in [-0.1, -0.05) is 0 Å². The largest absolute Gasteiger partial charge is 0.265 e. The van der Waals surface area contributed by atoms with Gasteiger partial charge in [0.2, 0.25) is 0 Å². The summed E-state index contributed by atoms with van der Waals surface area (Å²) in [6, 6.07) is 4.49. The first-order chi connectivity index (χ1) is 5.99. The van der Waals surface area contributed by atoms with Crippen molar-refractivity contribution >= 4 is 0 Å². The van der Waals surface area contributed by atoms with E-state index in [1.54, 1.807) is 6.20 Å². The van der Waals surface area contributed by atoms with Gasteiger partial charge in [-0.05, 0) is 33.8 Å². The molecular weight excluding hydrogens is 162 g/mol. The van der Waals surface area contributed by atoms with Crippen LogP contribution < -0.4 is 0 Å². The Labute approximate surface area is 79.0 Å². The van der Waals surface area contributed by atoms with E-state index in [-0.39, 0.29) is 0 Å². The van der Waals surface area contributed by atoms with Gasteiger partial charge in [0.05, 0.1) is 17.2 Å². The fraction of sp³-hybridized carbons (Fsp3) is 0.600. The lowest BCUT2D eigenvalue weighted by molar-refractivity contribution is 0.472. The summed E-state index contributed by atoms with van der Waals surface area (Å²) in [7, 11) is 0. The first-order valence-electron chi connectivity index (χ1n) is 4.44. The van der Waals surface area contributed by atoms with E-state index in [0.717, 1.165) is 5.69 Å². The highest BCUT2D eigenvalue weighted by atomic mass is 15.3. The van der Waals surface area contributed by atoms with Crippen molar-refractivity contribution in [3.63, 3.8) is 0 Å². The van der Waals surface area contributed by atoms with Crippen molar-refractivity contribution in [3.8, 4) is 6.07 Å². The van der Waals surface area contributed by atoms with Gasteiger partial charge in [0, 0.05) is 12.2 Å². The van der Waals surface area contributed by atoms with Crippen LogP contribution in [0.1, 0.15) is 39.4 Å². The minimum Gasteiger partial charge on any atom is -0.265 e. The van der Waals surface area contributed by atoms with Crippen molar-refractivity contribution in [2.45, 2.75) is 39.2 Å². The van der Waals surface area contributed by atoms with E-state index >= 15 is 0 Å². The van der Waals surface area contributed by atoms with Crippen LogP contribution in [0.25, 0.3) is 0 Å². The van der Waals surface area contributed by atoms with Crippen LogP contribution in [0, 0.1) is 11.3 Å². The average molecular weight is 177 g/mol. The Morgan fingerprint density at radius 2 is 2.15 bits per heavy atom. The molecule has 0 atom stereocenters. The van der Waals surface area contributed by atoms with Gasteiger partial charge >= 0.3 is 0 Å². The fourth-order valence-electron chi connectivity index (χ4n) is 1.28. The minimum absolute atomic E-state index is 0.303. The molecule has 3 heteroatoms. The molecule has 1 aromatic rings. The highest BCUT2D eigenvalue weighted by Gasteiger charge is 2.24. The number of hydrogen-bond acceptors (Lipinski definition) is 2. The summed E-state index contributed by atoms with van der Waals surface area (Å²) in [5.74, 6) is 0. The molecule has 0 spiro atoms. The Morgan fingerprint density at radius 1 is 1.54 bits per heavy atom. The van der Waals surface area contributed by atoms with Gasteiger partial charge in [-0.3, -0.25) is 4.68 Å². The molecule has 0 N–H and O–H groups in total. The quantitative estimate of drug-likeness (QED) is 0.695. The molecule has 3 nitrogen and oxygen atoms in total. The van der Waals surface area contributed by atoms with Gasteiger partial charge in [0.25, 0.3) is 0 Å². The van der Waals surface area contributed by atoms with E-state index in [2.05, 4.69) is 25.0 Å². The number of nitrogens with zero attached hydrogens (tertiary/aromatic N) is 3. The van der Waals surface area contributed by atoms with E-state index in [0.29, 0.717) is 6.04 Å². The molecule has 0 aliphatic heterocycles. The Bertz CT molecular complexity index is 328. The van der Waals surface area contributed by atoms with Gasteiger partial charge in [-0.25, -0.2) is 0 Å². The summed E-state index contributed by atoms with van der Waals surface area (Å²) in [4.78, 5) is 0. The second kappa shape index (κ2) is 3.21. The number of hydrogen-bond donors (Lipinski definition) is 0. The third kappa shape index (κ3) is 1.72. The predicted octanol–water partition coefficient (Wildman–Crippen LogP) is 2.27. The van der Waals surface area contributed by atoms with Crippen LogP contribution in [0.2, 0.25) is 0 Å². The van der Waals surface area contributed by atoms with Crippen LogP contribution in [0.5, 0.6) is 0 Å². The van der Waals surface area contributed by atoms with Crippen molar-refractivity contribution in [1.29, 1.82) is 5.26 Å².